The predicted molar refractivity (Wildman–Crippen MR) is 116 cm³/mol. The minimum atomic E-state index is -1.59. The third-order valence-electron chi connectivity index (χ3n) is 4.37. The topological polar surface area (TPSA) is 74.3 Å². The van der Waals surface area contributed by atoms with Crippen LogP contribution in [-0.2, 0) is 26.4 Å². The number of benzene rings is 1. The maximum atomic E-state index is 14.5. The third kappa shape index (κ3) is 5.57. The van der Waals surface area contributed by atoms with Crippen molar-refractivity contribution in [3.8, 4) is 0 Å². The number of ether oxygens (including phenoxy) is 1. The predicted octanol–water partition coefficient (Wildman–Crippen LogP) is 4.54. The molecule has 0 saturated carbocycles. The van der Waals surface area contributed by atoms with Crippen molar-refractivity contribution in [1.82, 2.24) is 9.71 Å². The molecule has 0 aliphatic carbocycles. The molecule has 2 rings (SSSR count). The molecule has 0 spiro atoms. The SMILES string of the molecule is CCOC(=O)C[C@](N[S+]([O-])C(C)(C)C)(c1ccc(C)c(F)c1)c1ncccc1Br. The molecular formula is C21H26BrFN2O3S. The van der Waals surface area contributed by atoms with Crippen LogP contribution in [-0.4, -0.2) is 26.9 Å². The Kier molecular flexibility index (Phi) is 7.84. The summed E-state index contributed by atoms with van der Waals surface area (Å²) in [5, 5.41) is 0. The number of pyridine rings is 1. The minimum Gasteiger partial charge on any atom is -0.598 e. The molecule has 0 saturated heterocycles. The highest BCUT2D eigenvalue weighted by molar-refractivity contribution is 9.10. The van der Waals surface area contributed by atoms with Crippen LogP contribution in [0, 0.1) is 12.7 Å². The van der Waals surface area contributed by atoms with Gasteiger partial charge in [0.25, 0.3) is 0 Å². The van der Waals surface area contributed by atoms with Gasteiger partial charge in [0.2, 0.25) is 0 Å². The Morgan fingerprint density at radius 3 is 2.59 bits per heavy atom. The highest BCUT2D eigenvalue weighted by atomic mass is 79.9. The lowest BCUT2D eigenvalue weighted by Crippen LogP contribution is -2.53. The van der Waals surface area contributed by atoms with Gasteiger partial charge in [0.15, 0.2) is 0 Å². The lowest BCUT2D eigenvalue weighted by Gasteiger charge is -2.37. The smallest absolute Gasteiger partial charge is 0.308 e. The van der Waals surface area contributed by atoms with Crippen LogP contribution in [0.1, 0.15) is 50.9 Å². The van der Waals surface area contributed by atoms with Crippen molar-refractivity contribution >= 4 is 33.3 Å². The number of nitrogens with zero attached hydrogens (tertiary/aromatic N) is 1. The molecule has 1 aromatic heterocycles. The highest BCUT2D eigenvalue weighted by Gasteiger charge is 2.46. The van der Waals surface area contributed by atoms with Gasteiger partial charge < -0.3 is 9.29 Å². The van der Waals surface area contributed by atoms with Gasteiger partial charge in [0.1, 0.15) is 16.1 Å². The van der Waals surface area contributed by atoms with E-state index in [0.29, 0.717) is 21.3 Å². The summed E-state index contributed by atoms with van der Waals surface area (Å²) in [5.41, 5.74) is -0.0330. The van der Waals surface area contributed by atoms with E-state index < -0.39 is 33.4 Å². The molecule has 0 radical (unpaired) electrons. The Morgan fingerprint density at radius 1 is 1.34 bits per heavy atom. The van der Waals surface area contributed by atoms with Crippen molar-refractivity contribution in [2.24, 2.45) is 0 Å². The summed E-state index contributed by atoms with van der Waals surface area (Å²) in [6.07, 6.45) is 1.37. The third-order valence-corrected chi connectivity index (χ3v) is 6.65. The van der Waals surface area contributed by atoms with Gasteiger partial charge in [0, 0.05) is 22.0 Å². The number of aromatic nitrogens is 1. The Bertz CT molecular complexity index is 875. The number of carbonyl (C=O) groups is 1. The first-order valence-corrected chi connectivity index (χ1v) is 11.2. The van der Waals surface area contributed by atoms with Crippen LogP contribution in [0.5, 0.6) is 0 Å². The molecule has 8 heteroatoms. The van der Waals surface area contributed by atoms with E-state index in [-0.39, 0.29) is 13.0 Å². The van der Waals surface area contributed by atoms with Crippen molar-refractivity contribution < 1.29 is 18.5 Å². The van der Waals surface area contributed by atoms with Gasteiger partial charge in [-0.1, -0.05) is 12.1 Å². The van der Waals surface area contributed by atoms with E-state index in [1.54, 1.807) is 44.3 Å². The van der Waals surface area contributed by atoms with E-state index in [1.807, 2.05) is 20.8 Å². The summed E-state index contributed by atoms with van der Waals surface area (Å²) in [4.78, 5) is 17.1. The fourth-order valence-electron chi connectivity index (χ4n) is 2.76. The number of carbonyl (C=O) groups excluding carboxylic acids is 1. The van der Waals surface area contributed by atoms with Crippen molar-refractivity contribution in [3.05, 3.63) is 63.6 Å². The van der Waals surface area contributed by atoms with Crippen LogP contribution in [0.3, 0.4) is 0 Å². The largest absolute Gasteiger partial charge is 0.598 e. The summed E-state index contributed by atoms with van der Waals surface area (Å²) in [5.74, 6) is -0.935. The molecule has 2 aromatic rings. The molecule has 2 atom stereocenters. The summed E-state index contributed by atoms with van der Waals surface area (Å²) >= 11 is 1.90. The van der Waals surface area contributed by atoms with Gasteiger partial charge in [-0.05, 0) is 79.9 Å². The van der Waals surface area contributed by atoms with Gasteiger partial charge in [-0.2, -0.15) is 0 Å². The lowest BCUT2D eigenvalue weighted by atomic mass is 9.83. The van der Waals surface area contributed by atoms with Gasteiger partial charge in [-0.25, -0.2) is 4.39 Å². The number of hydrogen-bond acceptors (Lipinski definition) is 5. The molecule has 1 N–H and O–H groups in total. The number of nitrogens with one attached hydrogen (secondary N) is 1. The molecule has 1 heterocycles. The first-order valence-electron chi connectivity index (χ1n) is 9.24. The average molecular weight is 485 g/mol. The van der Waals surface area contributed by atoms with Gasteiger partial charge in [-0.15, -0.1) is 4.72 Å². The van der Waals surface area contributed by atoms with E-state index >= 15 is 0 Å². The van der Waals surface area contributed by atoms with Crippen molar-refractivity contribution in [3.63, 3.8) is 0 Å². The zero-order valence-electron chi connectivity index (χ0n) is 17.2. The van der Waals surface area contributed by atoms with Crippen LogP contribution in [0.15, 0.2) is 41.0 Å². The quantitative estimate of drug-likeness (QED) is 0.461. The molecule has 0 fully saturated rings. The second-order valence-electron chi connectivity index (χ2n) is 7.67. The van der Waals surface area contributed by atoms with Crippen LogP contribution in [0.2, 0.25) is 0 Å². The van der Waals surface area contributed by atoms with E-state index in [1.165, 1.54) is 6.07 Å². The molecule has 0 bridgehead atoms. The Balaban J connectivity index is 2.77. The number of halogens is 2. The zero-order valence-corrected chi connectivity index (χ0v) is 19.6. The molecule has 29 heavy (non-hydrogen) atoms. The number of hydrogen-bond donors (Lipinski definition) is 1. The van der Waals surface area contributed by atoms with Crippen LogP contribution < -0.4 is 4.72 Å². The van der Waals surface area contributed by atoms with Crippen LogP contribution >= 0.6 is 15.9 Å². The standard InChI is InChI=1S/C21H26BrFN2O3S/c1-6-28-18(26)13-21(25-29(27)20(3,4)5,19-16(22)8-7-11-24-19)15-10-9-14(2)17(23)12-15/h7-12,25H,6,13H2,1-5H3/t21-,29?/m0/s1. The second-order valence-corrected chi connectivity index (χ2v) is 10.5. The first-order chi connectivity index (χ1) is 13.5. The summed E-state index contributed by atoms with van der Waals surface area (Å²) in [6, 6.07) is 8.20. The van der Waals surface area contributed by atoms with E-state index in [9.17, 15) is 13.7 Å². The van der Waals surface area contributed by atoms with Gasteiger partial charge in [0.05, 0.1) is 18.7 Å². The second kappa shape index (κ2) is 9.55. The molecular weight excluding hydrogens is 459 g/mol. The van der Waals surface area contributed by atoms with Crippen LogP contribution in [0.25, 0.3) is 0 Å². The fourth-order valence-corrected chi connectivity index (χ4v) is 4.27. The molecule has 1 unspecified atom stereocenters. The summed E-state index contributed by atoms with van der Waals surface area (Å²) in [7, 11) is 0. The molecule has 158 valence electrons. The molecule has 5 nitrogen and oxygen atoms in total. The van der Waals surface area contributed by atoms with Crippen LogP contribution in [0.4, 0.5) is 4.39 Å². The fraction of sp³-hybridized carbons (Fsp3) is 0.429. The normalized spacial score (nSPS) is 14.9. The van der Waals surface area contributed by atoms with Crippen molar-refractivity contribution in [2.45, 2.75) is 51.3 Å². The Labute approximate surface area is 182 Å². The number of aryl methyl sites for hydroxylation is 1. The molecule has 0 aliphatic heterocycles. The maximum absolute atomic E-state index is 14.5. The van der Waals surface area contributed by atoms with Gasteiger partial charge in [-0.3, -0.25) is 9.78 Å². The molecule has 0 amide bonds. The number of esters is 1. The van der Waals surface area contributed by atoms with E-state index in [2.05, 4.69) is 25.6 Å². The van der Waals surface area contributed by atoms with Crippen molar-refractivity contribution in [1.29, 1.82) is 0 Å². The minimum absolute atomic E-state index is 0.197. The average Bonchev–Trinajstić information content (AvgIpc) is 2.63. The van der Waals surface area contributed by atoms with E-state index in [4.69, 9.17) is 4.74 Å². The Hall–Kier alpha value is -1.48. The molecule has 1 aromatic carbocycles. The van der Waals surface area contributed by atoms with Crippen molar-refractivity contribution in [2.75, 3.05) is 6.61 Å². The van der Waals surface area contributed by atoms with Gasteiger partial charge >= 0.3 is 5.97 Å². The van der Waals surface area contributed by atoms with E-state index in [0.717, 1.165) is 0 Å². The number of rotatable bonds is 7. The summed E-state index contributed by atoms with van der Waals surface area (Å²) < 4.78 is 35.9. The lowest BCUT2D eigenvalue weighted by molar-refractivity contribution is -0.144. The Morgan fingerprint density at radius 2 is 2.03 bits per heavy atom. The highest BCUT2D eigenvalue weighted by Crippen LogP contribution is 2.39. The molecule has 0 aliphatic rings. The monoisotopic (exact) mass is 484 g/mol. The summed E-state index contributed by atoms with van der Waals surface area (Å²) in [6.45, 7) is 9.01. The first kappa shape index (κ1) is 23.8. The maximum Gasteiger partial charge on any atom is 0.308 e. The zero-order chi connectivity index (χ0) is 21.8.